The van der Waals surface area contributed by atoms with Crippen molar-refractivity contribution in [3.63, 3.8) is 0 Å². The Bertz CT molecular complexity index is 3680. The summed E-state index contributed by atoms with van der Waals surface area (Å²) in [7, 11) is 0. The van der Waals surface area contributed by atoms with Crippen molar-refractivity contribution < 1.29 is 0 Å². The van der Waals surface area contributed by atoms with Gasteiger partial charge in [0.1, 0.15) is 0 Å². The van der Waals surface area contributed by atoms with E-state index in [0.29, 0.717) is 0 Å². The zero-order valence-corrected chi connectivity index (χ0v) is 43.4. The van der Waals surface area contributed by atoms with E-state index >= 15 is 0 Å². The van der Waals surface area contributed by atoms with Crippen LogP contribution in [0.5, 0.6) is 0 Å². The van der Waals surface area contributed by atoms with Gasteiger partial charge in [0.2, 0.25) is 0 Å². The van der Waals surface area contributed by atoms with Gasteiger partial charge in [-0.2, -0.15) is 0 Å². The van der Waals surface area contributed by atoms with Gasteiger partial charge in [0.25, 0.3) is 6.71 Å². The molecule has 0 amide bonds. The summed E-state index contributed by atoms with van der Waals surface area (Å²) in [5.41, 5.74) is 25.3. The molecule has 10 aromatic rings. The standard InChI is InChI=1S/C70H60BN3/c1-47-43-64-67-65(44-47)74(62-34-22-33-58-66(62)56-31-20-21-32-57(56)70(58,49-23-12-8-13-24-49)50-25-14-9-15-26-50)61-42-37-51(69(5,6)7)45-60(61)71(67)59-41-40-55(72(52-27-16-10-17-28-52)53-29-18-11-19-30-53)46-63(59)73(64)54-38-35-48(36-39-54)68(2,3)4/h8-46H,1-7H3. The molecule has 0 bridgehead atoms. The first kappa shape index (κ1) is 45.5. The SMILES string of the molecule is Cc1cc2c3c(c1)N(c1cccc4c1-c1ccccc1C4(c1ccccc1)c1ccccc1)c1ccc(C(C)(C)C)cc1B3c1ccc(N(c3ccccc3)c3ccccc3)cc1N2c1ccc(C(C)(C)C)cc1. The lowest BCUT2D eigenvalue weighted by Crippen LogP contribution is -2.61. The summed E-state index contributed by atoms with van der Waals surface area (Å²) < 4.78 is 0. The van der Waals surface area contributed by atoms with Crippen LogP contribution in [0.4, 0.5) is 51.2 Å². The molecule has 0 fully saturated rings. The van der Waals surface area contributed by atoms with Crippen molar-refractivity contribution >= 4 is 74.3 Å². The van der Waals surface area contributed by atoms with Crippen LogP contribution in [0.15, 0.2) is 237 Å². The van der Waals surface area contributed by atoms with Gasteiger partial charge in [0, 0.05) is 51.1 Å². The molecule has 0 saturated carbocycles. The molecule has 74 heavy (non-hydrogen) atoms. The molecule has 0 radical (unpaired) electrons. The minimum Gasteiger partial charge on any atom is -0.311 e. The van der Waals surface area contributed by atoms with Gasteiger partial charge in [0.05, 0.1) is 11.1 Å². The number of hydrogen-bond acceptors (Lipinski definition) is 3. The Morgan fingerprint density at radius 3 is 1.54 bits per heavy atom. The highest BCUT2D eigenvalue weighted by Crippen LogP contribution is 2.60. The smallest absolute Gasteiger partial charge is 0.252 e. The maximum atomic E-state index is 2.64. The topological polar surface area (TPSA) is 9.72 Å². The second-order valence-corrected chi connectivity index (χ2v) is 22.6. The first-order valence-corrected chi connectivity index (χ1v) is 26.3. The second-order valence-electron chi connectivity index (χ2n) is 22.6. The third kappa shape index (κ3) is 7.02. The monoisotopic (exact) mass is 953 g/mol. The molecule has 3 aliphatic rings. The predicted octanol–water partition coefficient (Wildman–Crippen LogP) is 16.5. The van der Waals surface area contributed by atoms with Crippen molar-refractivity contribution in [2.75, 3.05) is 14.7 Å². The Labute approximate surface area is 438 Å². The van der Waals surface area contributed by atoms with Crippen LogP contribution in [0.25, 0.3) is 11.1 Å². The third-order valence-electron chi connectivity index (χ3n) is 16.0. The molecule has 10 aromatic carbocycles. The fraction of sp³-hybridized carbons (Fsp3) is 0.143. The lowest BCUT2D eigenvalue weighted by Gasteiger charge is -2.45. The highest BCUT2D eigenvalue weighted by atomic mass is 15.2. The number of hydrogen-bond donors (Lipinski definition) is 0. The number of rotatable bonds is 7. The van der Waals surface area contributed by atoms with E-state index in [0.717, 1.165) is 22.7 Å². The normalized spacial score (nSPS) is 13.9. The van der Waals surface area contributed by atoms with E-state index in [9.17, 15) is 0 Å². The molecule has 2 heterocycles. The number of benzene rings is 10. The maximum Gasteiger partial charge on any atom is 0.252 e. The Kier molecular flexibility index (Phi) is 10.5. The Morgan fingerprint density at radius 1 is 0.392 bits per heavy atom. The van der Waals surface area contributed by atoms with Crippen LogP contribution in [-0.2, 0) is 16.2 Å². The van der Waals surface area contributed by atoms with Crippen molar-refractivity contribution in [2.45, 2.75) is 64.7 Å². The Hall–Kier alpha value is -8.34. The van der Waals surface area contributed by atoms with Crippen molar-refractivity contribution in [3.8, 4) is 11.1 Å². The minimum atomic E-state index is -0.534. The van der Waals surface area contributed by atoms with Gasteiger partial charge in [-0.15, -0.1) is 0 Å². The first-order valence-electron chi connectivity index (χ1n) is 26.3. The zero-order valence-electron chi connectivity index (χ0n) is 43.4. The van der Waals surface area contributed by atoms with E-state index in [1.165, 1.54) is 94.9 Å². The molecule has 3 nitrogen and oxygen atoms in total. The summed E-state index contributed by atoms with van der Waals surface area (Å²) in [6.07, 6.45) is 0. The molecular formula is C70H60BN3. The van der Waals surface area contributed by atoms with E-state index in [-0.39, 0.29) is 17.5 Å². The van der Waals surface area contributed by atoms with Crippen LogP contribution < -0.4 is 31.1 Å². The van der Waals surface area contributed by atoms with Gasteiger partial charge in [-0.1, -0.05) is 205 Å². The van der Waals surface area contributed by atoms with Crippen molar-refractivity contribution in [1.29, 1.82) is 0 Å². The number of fused-ring (bicyclic) bond motifs is 7. The average Bonchev–Trinajstić information content (AvgIpc) is 3.73. The molecule has 0 N–H and O–H groups in total. The van der Waals surface area contributed by atoms with Gasteiger partial charge >= 0.3 is 0 Å². The highest BCUT2D eigenvalue weighted by Gasteiger charge is 2.49. The summed E-state index contributed by atoms with van der Waals surface area (Å²) in [4.78, 5) is 7.60. The molecule has 2 aliphatic heterocycles. The van der Waals surface area contributed by atoms with Crippen molar-refractivity contribution in [3.05, 3.63) is 276 Å². The van der Waals surface area contributed by atoms with E-state index in [1.807, 2.05) is 0 Å². The van der Waals surface area contributed by atoms with Gasteiger partial charge < -0.3 is 14.7 Å². The van der Waals surface area contributed by atoms with E-state index in [2.05, 4.69) is 300 Å². The molecule has 0 aromatic heterocycles. The predicted molar refractivity (Wildman–Crippen MR) is 315 cm³/mol. The van der Waals surface area contributed by atoms with Crippen LogP contribution in [0.2, 0.25) is 0 Å². The average molecular weight is 954 g/mol. The molecule has 0 spiro atoms. The molecule has 4 heteroatoms. The van der Waals surface area contributed by atoms with Crippen LogP contribution >= 0.6 is 0 Å². The number of aryl methyl sites for hydroxylation is 1. The number of para-hydroxylation sites is 2. The summed E-state index contributed by atoms with van der Waals surface area (Å²) in [5, 5.41) is 0. The second kappa shape index (κ2) is 17.1. The summed E-state index contributed by atoms with van der Waals surface area (Å²) in [5.74, 6) is 0. The summed E-state index contributed by atoms with van der Waals surface area (Å²) >= 11 is 0. The summed E-state index contributed by atoms with van der Waals surface area (Å²) in [6, 6.07) is 89.0. The zero-order chi connectivity index (χ0) is 50.5. The Balaban J connectivity index is 1.11. The third-order valence-corrected chi connectivity index (χ3v) is 16.0. The first-order chi connectivity index (χ1) is 35.9. The van der Waals surface area contributed by atoms with E-state index in [4.69, 9.17) is 0 Å². The van der Waals surface area contributed by atoms with Crippen molar-refractivity contribution in [2.24, 2.45) is 0 Å². The number of anilines is 9. The van der Waals surface area contributed by atoms with E-state index < -0.39 is 5.41 Å². The molecule has 358 valence electrons. The molecule has 0 atom stereocenters. The van der Waals surface area contributed by atoms with Crippen LogP contribution in [0, 0.1) is 6.92 Å². The lowest BCUT2D eigenvalue weighted by atomic mass is 9.33. The largest absolute Gasteiger partial charge is 0.311 e. The van der Waals surface area contributed by atoms with Crippen LogP contribution in [0.1, 0.15) is 80.5 Å². The van der Waals surface area contributed by atoms with Crippen LogP contribution in [-0.4, -0.2) is 6.71 Å². The van der Waals surface area contributed by atoms with Gasteiger partial charge in [0.15, 0.2) is 0 Å². The van der Waals surface area contributed by atoms with E-state index in [1.54, 1.807) is 0 Å². The minimum absolute atomic E-state index is 0.00706. The van der Waals surface area contributed by atoms with Crippen molar-refractivity contribution in [1.82, 2.24) is 0 Å². The van der Waals surface area contributed by atoms with Crippen LogP contribution in [0.3, 0.4) is 0 Å². The van der Waals surface area contributed by atoms with Gasteiger partial charge in [-0.3, -0.25) is 0 Å². The molecule has 13 rings (SSSR count). The molecule has 0 saturated heterocycles. The maximum absolute atomic E-state index is 2.64. The quantitative estimate of drug-likeness (QED) is 0.147. The van der Waals surface area contributed by atoms with Gasteiger partial charge in [-0.25, -0.2) is 0 Å². The number of nitrogens with zero attached hydrogens (tertiary/aromatic N) is 3. The Morgan fingerprint density at radius 2 is 0.932 bits per heavy atom. The molecule has 1 aliphatic carbocycles. The fourth-order valence-corrected chi connectivity index (χ4v) is 12.6. The van der Waals surface area contributed by atoms with Gasteiger partial charge in [-0.05, 0) is 151 Å². The highest BCUT2D eigenvalue weighted by molar-refractivity contribution is 7.00. The summed E-state index contributed by atoms with van der Waals surface area (Å²) in [6.45, 7) is 16.2. The molecular weight excluding hydrogens is 894 g/mol. The fourth-order valence-electron chi connectivity index (χ4n) is 12.6. The molecule has 0 unspecified atom stereocenters. The lowest BCUT2D eigenvalue weighted by molar-refractivity contribution is 0.590.